The van der Waals surface area contributed by atoms with Crippen molar-refractivity contribution in [3.8, 4) is 0 Å². The second-order valence-corrected chi connectivity index (χ2v) is 4.04. The van der Waals surface area contributed by atoms with Gasteiger partial charge in [0.2, 0.25) is 0 Å². The summed E-state index contributed by atoms with van der Waals surface area (Å²) < 4.78 is 0. The van der Waals surface area contributed by atoms with Crippen LogP contribution in [0.1, 0.15) is 26.2 Å². The molecule has 0 saturated carbocycles. The largest absolute Gasteiger partial charge is 0.478 e. The van der Waals surface area contributed by atoms with Gasteiger partial charge in [-0.25, -0.2) is 4.79 Å². The number of aliphatic carboxylic acids is 1. The highest BCUT2D eigenvalue weighted by atomic mass is 16.4. The van der Waals surface area contributed by atoms with Crippen molar-refractivity contribution < 1.29 is 9.90 Å². The first kappa shape index (κ1) is 15.7. The lowest BCUT2D eigenvalue weighted by Crippen LogP contribution is -2.20. The smallest absolute Gasteiger partial charge is 0.331 e. The highest BCUT2D eigenvalue weighted by molar-refractivity contribution is 5.85. The third kappa shape index (κ3) is 9.57. The molecular weight excluding hydrogens is 214 g/mol. The Morgan fingerprint density at radius 2 is 1.94 bits per heavy atom. The van der Waals surface area contributed by atoms with E-state index < -0.39 is 5.97 Å². The minimum Gasteiger partial charge on any atom is -0.478 e. The van der Waals surface area contributed by atoms with Crippen molar-refractivity contribution in [1.29, 1.82) is 0 Å². The van der Waals surface area contributed by atoms with Crippen molar-refractivity contribution in [3.05, 3.63) is 36.5 Å². The molecule has 0 bridgehead atoms. The lowest BCUT2D eigenvalue weighted by atomic mass is 10.2. The SMILES string of the molecule is C=C(CCN(C)CC=CCCC=CC)C(=O)O. The number of carbonyl (C=O) groups is 1. The summed E-state index contributed by atoms with van der Waals surface area (Å²) in [6.07, 6.45) is 11.1. The molecule has 0 unspecified atom stereocenters. The predicted octanol–water partition coefficient (Wildman–Crippen LogP) is 2.86. The number of allylic oxidation sites excluding steroid dienone is 3. The number of unbranched alkanes of at least 4 members (excludes halogenated alkanes) is 1. The summed E-state index contributed by atoms with van der Waals surface area (Å²) in [7, 11) is 1.98. The zero-order valence-corrected chi connectivity index (χ0v) is 10.9. The van der Waals surface area contributed by atoms with Gasteiger partial charge in [0.05, 0.1) is 0 Å². The van der Waals surface area contributed by atoms with E-state index in [4.69, 9.17) is 5.11 Å². The maximum absolute atomic E-state index is 10.5. The molecule has 0 spiro atoms. The van der Waals surface area contributed by atoms with Gasteiger partial charge in [-0.1, -0.05) is 30.9 Å². The fourth-order valence-electron chi connectivity index (χ4n) is 1.26. The Balaban J connectivity index is 3.62. The first-order chi connectivity index (χ1) is 8.07. The Morgan fingerprint density at radius 3 is 2.53 bits per heavy atom. The number of likely N-dealkylation sites (N-methyl/N-ethyl adjacent to an activating group) is 1. The van der Waals surface area contributed by atoms with Crippen molar-refractivity contribution in [2.24, 2.45) is 0 Å². The van der Waals surface area contributed by atoms with E-state index in [9.17, 15) is 4.79 Å². The van der Waals surface area contributed by atoms with Gasteiger partial charge in [0.1, 0.15) is 0 Å². The summed E-state index contributed by atoms with van der Waals surface area (Å²) in [6, 6.07) is 0. The van der Waals surface area contributed by atoms with Gasteiger partial charge in [0, 0.05) is 18.7 Å². The van der Waals surface area contributed by atoms with E-state index in [0.717, 1.165) is 25.9 Å². The fourth-order valence-corrected chi connectivity index (χ4v) is 1.26. The molecule has 1 N–H and O–H groups in total. The van der Waals surface area contributed by atoms with Crippen molar-refractivity contribution in [2.45, 2.75) is 26.2 Å². The molecule has 0 heterocycles. The van der Waals surface area contributed by atoms with Gasteiger partial charge in [-0.15, -0.1) is 0 Å². The minimum atomic E-state index is -0.903. The lowest BCUT2D eigenvalue weighted by Gasteiger charge is -2.13. The molecule has 0 saturated heterocycles. The van der Waals surface area contributed by atoms with Gasteiger partial charge >= 0.3 is 5.97 Å². The number of nitrogens with zero attached hydrogens (tertiary/aromatic N) is 1. The quantitative estimate of drug-likeness (QED) is 0.381. The number of rotatable bonds is 9. The molecule has 0 aliphatic carbocycles. The van der Waals surface area contributed by atoms with Crippen molar-refractivity contribution >= 4 is 5.97 Å². The molecule has 3 heteroatoms. The fraction of sp³-hybridized carbons (Fsp3) is 0.500. The standard InChI is InChI=1S/C14H23NO2/c1-4-5-6-7-8-9-11-15(3)12-10-13(2)14(16)17/h4-5,8-9H,2,6-7,10-12H2,1,3H3,(H,16,17). The zero-order chi connectivity index (χ0) is 13.1. The van der Waals surface area contributed by atoms with Crippen LogP contribution in [0.5, 0.6) is 0 Å². The Morgan fingerprint density at radius 1 is 1.29 bits per heavy atom. The van der Waals surface area contributed by atoms with Crippen molar-refractivity contribution in [2.75, 3.05) is 20.1 Å². The highest BCUT2D eigenvalue weighted by Crippen LogP contribution is 2.00. The summed E-state index contributed by atoms with van der Waals surface area (Å²) in [5.74, 6) is -0.903. The number of carboxylic acids is 1. The van der Waals surface area contributed by atoms with E-state index in [-0.39, 0.29) is 5.57 Å². The van der Waals surface area contributed by atoms with E-state index in [1.54, 1.807) is 0 Å². The average Bonchev–Trinajstić information content (AvgIpc) is 2.30. The predicted molar refractivity (Wildman–Crippen MR) is 72.1 cm³/mol. The van der Waals surface area contributed by atoms with Gasteiger partial charge in [-0.3, -0.25) is 0 Å². The zero-order valence-electron chi connectivity index (χ0n) is 10.9. The average molecular weight is 237 g/mol. The first-order valence-corrected chi connectivity index (χ1v) is 5.93. The Bertz CT molecular complexity index is 293. The molecule has 3 nitrogen and oxygen atoms in total. The van der Waals surface area contributed by atoms with Crippen LogP contribution in [0, 0.1) is 0 Å². The van der Waals surface area contributed by atoms with Crippen LogP contribution in [0.15, 0.2) is 36.5 Å². The second-order valence-electron chi connectivity index (χ2n) is 4.04. The molecule has 0 aliphatic rings. The summed E-state index contributed by atoms with van der Waals surface area (Å²) in [5, 5.41) is 8.65. The number of hydrogen-bond donors (Lipinski definition) is 1. The molecule has 0 aromatic heterocycles. The van der Waals surface area contributed by atoms with E-state index in [0.29, 0.717) is 6.42 Å². The van der Waals surface area contributed by atoms with Gasteiger partial charge < -0.3 is 10.0 Å². The van der Waals surface area contributed by atoms with Crippen LogP contribution in [0.25, 0.3) is 0 Å². The van der Waals surface area contributed by atoms with Gasteiger partial charge in [-0.05, 0) is 33.2 Å². The van der Waals surface area contributed by atoms with Gasteiger partial charge in [-0.2, -0.15) is 0 Å². The van der Waals surface area contributed by atoms with Crippen LogP contribution in [0.3, 0.4) is 0 Å². The molecule has 0 aromatic rings. The van der Waals surface area contributed by atoms with Crippen LogP contribution in [-0.2, 0) is 4.79 Å². The van der Waals surface area contributed by atoms with Crippen LogP contribution in [0.4, 0.5) is 0 Å². The van der Waals surface area contributed by atoms with Gasteiger partial charge in [0.25, 0.3) is 0 Å². The molecule has 96 valence electrons. The summed E-state index contributed by atoms with van der Waals surface area (Å²) in [6.45, 7) is 7.10. The third-order valence-corrected chi connectivity index (χ3v) is 2.42. The van der Waals surface area contributed by atoms with E-state index in [2.05, 4.69) is 35.8 Å². The van der Waals surface area contributed by atoms with E-state index in [1.165, 1.54) is 0 Å². The first-order valence-electron chi connectivity index (χ1n) is 5.93. The normalized spacial score (nSPS) is 11.7. The number of hydrogen-bond acceptors (Lipinski definition) is 2. The highest BCUT2D eigenvalue weighted by Gasteiger charge is 2.04. The van der Waals surface area contributed by atoms with Crippen molar-refractivity contribution in [1.82, 2.24) is 4.90 Å². The van der Waals surface area contributed by atoms with Gasteiger partial charge in [0.15, 0.2) is 0 Å². The topological polar surface area (TPSA) is 40.5 Å². The molecule has 0 aromatic carbocycles. The Labute approximate surface area is 104 Å². The maximum Gasteiger partial charge on any atom is 0.331 e. The van der Waals surface area contributed by atoms with E-state index in [1.807, 2.05) is 14.0 Å². The van der Waals surface area contributed by atoms with Crippen LogP contribution < -0.4 is 0 Å². The molecule has 0 atom stereocenters. The molecule has 0 radical (unpaired) electrons. The molecular formula is C14H23NO2. The maximum atomic E-state index is 10.5. The molecule has 17 heavy (non-hydrogen) atoms. The molecule has 0 fully saturated rings. The molecule has 0 aliphatic heterocycles. The Kier molecular flexibility index (Phi) is 9.06. The van der Waals surface area contributed by atoms with Crippen LogP contribution >= 0.6 is 0 Å². The second kappa shape index (κ2) is 9.85. The lowest BCUT2D eigenvalue weighted by molar-refractivity contribution is -0.132. The van der Waals surface area contributed by atoms with Crippen molar-refractivity contribution in [3.63, 3.8) is 0 Å². The van der Waals surface area contributed by atoms with Crippen LogP contribution in [0.2, 0.25) is 0 Å². The third-order valence-electron chi connectivity index (χ3n) is 2.42. The molecule has 0 amide bonds. The molecule has 0 rings (SSSR count). The Hall–Kier alpha value is -1.35. The van der Waals surface area contributed by atoms with Crippen LogP contribution in [-0.4, -0.2) is 36.1 Å². The van der Waals surface area contributed by atoms with E-state index >= 15 is 0 Å². The summed E-state index contributed by atoms with van der Waals surface area (Å²) in [5.41, 5.74) is 0.272. The minimum absolute atomic E-state index is 0.272. The summed E-state index contributed by atoms with van der Waals surface area (Å²) >= 11 is 0. The summed E-state index contributed by atoms with van der Waals surface area (Å²) in [4.78, 5) is 12.6. The monoisotopic (exact) mass is 237 g/mol. The number of carboxylic acid groups (broad SMARTS) is 1.